The van der Waals surface area contributed by atoms with E-state index < -0.39 is 0 Å². The highest BCUT2D eigenvalue weighted by Gasteiger charge is 2.19. The van der Waals surface area contributed by atoms with Gasteiger partial charge in [0, 0.05) is 18.6 Å². The molecular formula is C15H19ClN2O3. The number of ether oxygens (including phenoxy) is 2. The van der Waals surface area contributed by atoms with Crippen LogP contribution in [-0.4, -0.2) is 32.2 Å². The van der Waals surface area contributed by atoms with Crippen molar-refractivity contribution in [1.29, 1.82) is 0 Å². The van der Waals surface area contributed by atoms with E-state index in [2.05, 4.69) is 10.6 Å². The molecule has 0 saturated carbocycles. The zero-order valence-electron chi connectivity index (χ0n) is 11.8. The molecule has 0 spiro atoms. The molecule has 0 aliphatic carbocycles. The van der Waals surface area contributed by atoms with Crippen LogP contribution in [0, 0.1) is 5.92 Å². The number of hydrogen-bond donors (Lipinski definition) is 2. The maximum absolute atomic E-state index is 12.1. The standard InChI is InChI=1S/C15H19ClN2O3/c16-11-8-13-14(21-6-5-20-13)9-12(11)18-15(19)7-10-1-3-17-4-2-10/h8-10,17H,1-7H2,(H,18,19). The Morgan fingerprint density at radius 2 is 1.90 bits per heavy atom. The molecule has 0 atom stereocenters. The number of piperidine rings is 1. The predicted molar refractivity (Wildman–Crippen MR) is 81.3 cm³/mol. The molecule has 2 N–H and O–H groups in total. The van der Waals surface area contributed by atoms with Crippen molar-refractivity contribution in [3.8, 4) is 11.5 Å². The van der Waals surface area contributed by atoms with Gasteiger partial charge in [0.2, 0.25) is 5.91 Å². The van der Waals surface area contributed by atoms with Crippen LogP contribution in [0.25, 0.3) is 0 Å². The first-order valence-corrected chi connectivity index (χ1v) is 7.70. The third kappa shape index (κ3) is 3.60. The number of carbonyl (C=O) groups excluding carboxylic acids is 1. The Kier molecular flexibility index (Phi) is 4.51. The summed E-state index contributed by atoms with van der Waals surface area (Å²) < 4.78 is 11.0. The van der Waals surface area contributed by atoms with E-state index in [1.165, 1.54) is 0 Å². The zero-order valence-corrected chi connectivity index (χ0v) is 12.5. The van der Waals surface area contributed by atoms with E-state index in [9.17, 15) is 4.79 Å². The van der Waals surface area contributed by atoms with Crippen molar-refractivity contribution >= 4 is 23.2 Å². The fourth-order valence-electron chi connectivity index (χ4n) is 2.71. The van der Waals surface area contributed by atoms with Gasteiger partial charge in [-0.3, -0.25) is 4.79 Å². The van der Waals surface area contributed by atoms with Gasteiger partial charge in [0.05, 0.1) is 10.7 Å². The Balaban J connectivity index is 1.65. The fourth-order valence-corrected chi connectivity index (χ4v) is 2.91. The van der Waals surface area contributed by atoms with E-state index >= 15 is 0 Å². The van der Waals surface area contributed by atoms with E-state index in [4.69, 9.17) is 21.1 Å². The van der Waals surface area contributed by atoms with Gasteiger partial charge in [0.15, 0.2) is 11.5 Å². The first-order chi connectivity index (χ1) is 10.2. The normalized spacial score (nSPS) is 18.3. The Morgan fingerprint density at radius 3 is 2.62 bits per heavy atom. The molecule has 1 amide bonds. The van der Waals surface area contributed by atoms with Crippen LogP contribution in [0.15, 0.2) is 12.1 Å². The Morgan fingerprint density at radius 1 is 1.24 bits per heavy atom. The van der Waals surface area contributed by atoms with E-state index in [1.54, 1.807) is 12.1 Å². The quantitative estimate of drug-likeness (QED) is 0.900. The second-order valence-corrected chi connectivity index (χ2v) is 5.83. The molecular weight excluding hydrogens is 292 g/mol. The third-order valence-electron chi connectivity index (χ3n) is 3.84. The molecule has 5 nitrogen and oxygen atoms in total. The van der Waals surface area contributed by atoms with Gasteiger partial charge in [-0.25, -0.2) is 0 Å². The lowest BCUT2D eigenvalue weighted by molar-refractivity contribution is -0.117. The number of rotatable bonds is 3. The average molecular weight is 311 g/mol. The van der Waals surface area contributed by atoms with E-state index in [0.29, 0.717) is 47.8 Å². The van der Waals surface area contributed by atoms with Gasteiger partial charge >= 0.3 is 0 Å². The minimum atomic E-state index is 0.000442. The van der Waals surface area contributed by atoms with E-state index in [-0.39, 0.29) is 5.91 Å². The van der Waals surface area contributed by atoms with Gasteiger partial charge in [-0.1, -0.05) is 11.6 Å². The highest BCUT2D eigenvalue weighted by molar-refractivity contribution is 6.34. The van der Waals surface area contributed by atoms with Gasteiger partial charge in [-0.2, -0.15) is 0 Å². The van der Waals surface area contributed by atoms with Crippen molar-refractivity contribution in [3.05, 3.63) is 17.2 Å². The monoisotopic (exact) mass is 310 g/mol. The molecule has 1 fully saturated rings. The van der Waals surface area contributed by atoms with Crippen LogP contribution in [0.5, 0.6) is 11.5 Å². The summed E-state index contributed by atoms with van der Waals surface area (Å²) in [5.41, 5.74) is 0.583. The minimum absolute atomic E-state index is 0.000442. The van der Waals surface area contributed by atoms with Crippen LogP contribution < -0.4 is 20.1 Å². The lowest BCUT2D eigenvalue weighted by atomic mass is 9.94. The molecule has 2 heterocycles. The molecule has 0 aromatic heterocycles. The third-order valence-corrected chi connectivity index (χ3v) is 4.15. The lowest BCUT2D eigenvalue weighted by Gasteiger charge is -2.23. The Hall–Kier alpha value is -1.46. The maximum Gasteiger partial charge on any atom is 0.224 e. The Bertz CT molecular complexity index is 530. The van der Waals surface area contributed by atoms with Crippen LogP contribution in [0.2, 0.25) is 5.02 Å². The SMILES string of the molecule is O=C(CC1CCNCC1)Nc1cc2c(cc1Cl)OCCO2. The summed E-state index contributed by atoms with van der Waals surface area (Å²) in [7, 11) is 0. The van der Waals surface area contributed by atoms with Crippen molar-refractivity contribution in [2.45, 2.75) is 19.3 Å². The summed E-state index contributed by atoms with van der Waals surface area (Å²) in [6.45, 7) is 3.01. The van der Waals surface area contributed by atoms with Crippen LogP contribution >= 0.6 is 11.6 Å². The molecule has 0 bridgehead atoms. The van der Waals surface area contributed by atoms with Gasteiger partial charge in [-0.15, -0.1) is 0 Å². The zero-order chi connectivity index (χ0) is 14.7. The lowest BCUT2D eigenvalue weighted by Crippen LogP contribution is -2.30. The maximum atomic E-state index is 12.1. The van der Waals surface area contributed by atoms with Crippen LogP contribution in [0.1, 0.15) is 19.3 Å². The highest BCUT2D eigenvalue weighted by atomic mass is 35.5. The molecule has 1 saturated heterocycles. The summed E-state index contributed by atoms with van der Waals surface area (Å²) in [4.78, 5) is 12.1. The van der Waals surface area contributed by atoms with Crippen LogP contribution in [-0.2, 0) is 4.79 Å². The molecule has 0 radical (unpaired) electrons. The molecule has 2 aliphatic rings. The van der Waals surface area contributed by atoms with Gasteiger partial charge < -0.3 is 20.1 Å². The summed E-state index contributed by atoms with van der Waals surface area (Å²) >= 11 is 6.19. The minimum Gasteiger partial charge on any atom is -0.486 e. The topological polar surface area (TPSA) is 59.6 Å². The molecule has 21 heavy (non-hydrogen) atoms. The molecule has 6 heteroatoms. The predicted octanol–water partition coefficient (Wildman–Crippen LogP) is 2.44. The first-order valence-electron chi connectivity index (χ1n) is 7.32. The van der Waals surface area contributed by atoms with E-state index in [0.717, 1.165) is 25.9 Å². The van der Waals surface area contributed by atoms with Crippen molar-refractivity contribution < 1.29 is 14.3 Å². The summed E-state index contributed by atoms with van der Waals surface area (Å²) in [5.74, 6) is 1.70. The van der Waals surface area contributed by atoms with Gasteiger partial charge in [-0.05, 0) is 31.8 Å². The fraction of sp³-hybridized carbons (Fsp3) is 0.533. The number of benzene rings is 1. The largest absolute Gasteiger partial charge is 0.486 e. The summed E-state index contributed by atoms with van der Waals surface area (Å²) in [6, 6.07) is 3.42. The summed E-state index contributed by atoms with van der Waals surface area (Å²) in [6.07, 6.45) is 2.62. The van der Waals surface area contributed by atoms with Crippen molar-refractivity contribution in [1.82, 2.24) is 5.32 Å². The number of anilines is 1. The first kappa shape index (κ1) is 14.5. The molecule has 3 rings (SSSR count). The molecule has 1 aromatic rings. The second kappa shape index (κ2) is 6.54. The van der Waals surface area contributed by atoms with Crippen molar-refractivity contribution in [2.75, 3.05) is 31.6 Å². The van der Waals surface area contributed by atoms with Crippen molar-refractivity contribution in [2.24, 2.45) is 5.92 Å². The number of carbonyl (C=O) groups is 1. The van der Waals surface area contributed by atoms with Gasteiger partial charge in [0.1, 0.15) is 13.2 Å². The van der Waals surface area contributed by atoms with Crippen LogP contribution in [0.3, 0.4) is 0 Å². The van der Waals surface area contributed by atoms with Crippen LogP contribution in [0.4, 0.5) is 5.69 Å². The Labute approximate surface area is 128 Å². The van der Waals surface area contributed by atoms with Gasteiger partial charge in [0.25, 0.3) is 0 Å². The average Bonchev–Trinajstić information content (AvgIpc) is 2.49. The molecule has 114 valence electrons. The molecule has 0 unspecified atom stereocenters. The number of fused-ring (bicyclic) bond motifs is 1. The number of nitrogens with one attached hydrogen (secondary N) is 2. The molecule has 2 aliphatic heterocycles. The number of halogens is 1. The highest BCUT2D eigenvalue weighted by Crippen LogP contribution is 2.38. The molecule has 1 aromatic carbocycles. The second-order valence-electron chi connectivity index (χ2n) is 5.42. The number of amides is 1. The summed E-state index contributed by atoms with van der Waals surface area (Å²) in [5, 5.41) is 6.65. The van der Waals surface area contributed by atoms with E-state index in [1.807, 2.05) is 0 Å². The number of hydrogen-bond acceptors (Lipinski definition) is 4. The smallest absolute Gasteiger partial charge is 0.224 e. The van der Waals surface area contributed by atoms with Crippen molar-refractivity contribution in [3.63, 3.8) is 0 Å².